The fraction of sp³-hybridized carbons (Fsp3) is 0.111. The van der Waals surface area contributed by atoms with E-state index in [2.05, 4.69) is 5.10 Å². The van der Waals surface area contributed by atoms with Gasteiger partial charge < -0.3 is 0 Å². The zero-order valence-electron chi connectivity index (χ0n) is 11.9. The van der Waals surface area contributed by atoms with Crippen LogP contribution in [0.15, 0.2) is 60.8 Å². The minimum absolute atomic E-state index is 0.639. The molecule has 0 saturated carbocycles. The van der Waals surface area contributed by atoms with Crippen LogP contribution in [0.2, 0.25) is 0 Å². The monoisotopic (exact) mass is 276 g/mol. The van der Waals surface area contributed by atoms with E-state index in [9.17, 15) is 4.79 Å². The molecule has 3 nitrogen and oxygen atoms in total. The second-order valence-corrected chi connectivity index (χ2v) is 5.09. The first-order valence-corrected chi connectivity index (χ1v) is 6.91. The molecule has 3 aromatic rings. The summed E-state index contributed by atoms with van der Waals surface area (Å²) in [7, 11) is 0. The van der Waals surface area contributed by atoms with Crippen LogP contribution in [-0.4, -0.2) is 16.1 Å². The number of rotatable bonds is 4. The highest BCUT2D eigenvalue weighted by Crippen LogP contribution is 2.15. The van der Waals surface area contributed by atoms with Crippen molar-refractivity contribution in [3.8, 4) is 5.69 Å². The molecule has 104 valence electrons. The number of carbonyl (C=O) groups is 1. The zero-order valence-corrected chi connectivity index (χ0v) is 11.9. The molecule has 0 bridgehead atoms. The molecule has 0 spiro atoms. The average Bonchev–Trinajstić information content (AvgIpc) is 2.91. The van der Waals surface area contributed by atoms with Gasteiger partial charge in [0.25, 0.3) is 0 Å². The molecule has 0 aliphatic heterocycles. The summed E-state index contributed by atoms with van der Waals surface area (Å²) < 4.78 is 1.77. The molecule has 1 heterocycles. The van der Waals surface area contributed by atoms with Crippen LogP contribution >= 0.6 is 0 Å². The molecule has 0 aliphatic carbocycles. The van der Waals surface area contributed by atoms with E-state index in [1.54, 1.807) is 10.9 Å². The summed E-state index contributed by atoms with van der Waals surface area (Å²) in [6, 6.07) is 18.1. The Hall–Kier alpha value is -2.68. The van der Waals surface area contributed by atoms with Gasteiger partial charge in [0.1, 0.15) is 0 Å². The Kier molecular flexibility index (Phi) is 3.65. The first-order valence-electron chi connectivity index (χ1n) is 6.91. The second-order valence-electron chi connectivity index (χ2n) is 5.09. The largest absolute Gasteiger partial charge is 0.298 e. The van der Waals surface area contributed by atoms with Crippen LogP contribution < -0.4 is 0 Å². The molecule has 21 heavy (non-hydrogen) atoms. The molecule has 3 heteroatoms. The number of benzene rings is 2. The number of aldehydes is 1. The van der Waals surface area contributed by atoms with Gasteiger partial charge in [0.05, 0.1) is 16.9 Å². The lowest BCUT2D eigenvalue weighted by molar-refractivity contribution is 0.112. The third-order valence-electron chi connectivity index (χ3n) is 3.43. The first-order chi connectivity index (χ1) is 10.3. The van der Waals surface area contributed by atoms with Gasteiger partial charge in [-0.3, -0.25) is 4.79 Å². The molecule has 0 aliphatic rings. The number of nitrogens with zero attached hydrogens (tertiary/aromatic N) is 2. The number of aryl methyl sites for hydroxylation is 1. The maximum Gasteiger partial charge on any atom is 0.153 e. The minimum atomic E-state index is 0.639. The lowest BCUT2D eigenvalue weighted by Gasteiger charge is -2.02. The summed E-state index contributed by atoms with van der Waals surface area (Å²) in [4.78, 5) is 11.3. The molecule has 0 amide bonds. The van der Waals surface area contributed by atoms with E-state index >= 15 is 0 Å². The Morgan fingerprint density at radius 2 is 1.90 bits per heavy atom. The third-order valence-corrected chi connectivity index (χ3v) is 3.43. The predicted octanol–water partition coefficient (Wildman–Crippen LogP) is 3.58. The van der Waals surface area contributed by atoms with Gasteiger partial charge in [-0.1, -0.05) is 42.5 Å². The van der Waals surface area contributed by atoms with E-state index in [4.69, 9.17) is 0 Å². The van der Waals surface area contributed by atoms with Gasteiger partial charge in [0.2, 0.25) is 0 Å². The Labute approximate surface area is 123 Å². The predicted molar refractivity (Wildman–Crippen MR) is 82.9 cm³/mol. The van der Waals surface area contributed by atoms with Gasteiger partial charge in [-0.15, -0.1) is 0 Å². The summed E-state index contributed by atoms with van der Waals surface area (Å²) in [5.74, 6) is 0. The standard InChI is InChI=1S/C18H16N2O/c1-14-6-5-9-17(10-14)20-12-16(13-21)18(19-20)11-15-7-3-2-4-8-15/h2-10,12-13H,11H2,1H3. The van der Waals surface area contributed by atoms with Crippen molar-refractivity contribution in [2.24, 2.45) is 0 Å². The molecule has 3 rings (SSSR count). The lowest BCUT2D eigenvalue weighted by Crippen LogP contribution is -1.97. The van der Waals surface area contributed by atoms with Crippen molar-refractivity contribution in [1.29, 1.82) is 0 Å². The lowest BCUT2D eigenvalue weighted by atomic mass is 10.1. The van der Waals surface area contributed by atoms with Crippen LogP contribution in [0.1, 0.15) is 27.2 Å². The van der Waals surface area contributed by atoms with Crippen molar-refractivity contribution < 1.29 is 4.79 Å². The SMILES string of the molecule is Cc1cccc(-n2cc(C=O)c(Cc3ccccc3)n2)c1. The van der Waals surface area contributed by atoms with Gasteiger partial charge in [0, 0.05) is 12.6 Å². The average molecular weight is 276 g/mol. The highest BCUT2D eigenvalue weighted by molar-refractivity contribution is 5.76. The smallest absolute Gasteiger partial charge is 0.153 e. The van der Waals surface area contributed by atoms with Gasteiger partial charge in [-0.05, 0) is 30.2 Å². The number of carbonyl (C=O) groups excluding carboxylic acids is 1. The van der Waals surface area contributed by atoms with Crippen LogP contribution in [0.25, 0.3) is 5.69 Å². The maximum atomic E-state index is 11.3. The van der Waals surface area contributed by atoms with E-state index in [1.807, 2.05) is 61.5 Å². The third kappa shape index (κ3) is 2.92. The van der Waals surface area contributed by atoms with Crippen molar-refractivity contribution in [1.82, 2.24) is 9.78 Å². The van der Waals surface area contributed by atoms with Crippen LogP contribution in [0.4, 0.5) is 0 Å². The zero-order chi connectivity index (χ0) is 14.7. The molecule has 2 aromatic carbocycles. The quantitative estimate of drug-likeness (QED) is 0.683. The van der Waals surface area contributed by atoms with Crippen molar-refractivity contribution in [2.75, 3.05) is 0 Å². The van der Waals surface area contributed by atoms with E-state index < -0.39 is 0 Å². The van der Waals surface area contributed by atoms with Crippen LogP contribution in [0.5, 0.6) is 0 Å². The van der Waals surface area contributed by atoms with E-state index in [-0.39, 0.29) is 0 Å². The Balaban J connectivity index is 1.97. The van der Waals surface area contributed by atoms with Gasteiger partial charge in [0.15, 0.2) is 6.29 Å². The van der Waals surface area contributed by atoms with Crippen LogP contribution in [0, 0.1) is 6.92 Å². The molecule has 1 aromatic heterocycles. The fourth-order valence-corrected chi connectivity index (χ4v) is 2.35. The molecule has 0 radical (unpaired) electrons. The van der Waals surface area contributed by atoms with Crippen molar-refractivity contribution in [3.05, 3.63) is 83.2 Å². The van der Waals surface area contributed by atoms with E-state index in [1.165, 1.54) is 5.56 Å². The van der Waals surface area contributed by atoms with Crippen molar-refractivity contribution in [3.63, 3.8) is 0 Å². The Morgan fingerprint density at radius 1 is 1.10 bits per heavy atom. The van der Waals surface area contributed by atoms with E-state index in [0.717, 1.165) is 23.2 Å². The summed E-state index contributed by atoms with van der Waals surface area (Å²) in [6.45, 7) is 2.04. The molecule has 0 unspecified atom stereocenters. The molecule has 0 N–H and O–H groups in total. The normalized spacial score (nSPS) is 10.5. The van der Waals surface area contributed by atoms with Gasteiger partial charge in [-0.25, -0.2) is 4.68 Å². The fourth-order valence-electron chi connectivity index (χ4n) is 2.35. The van der Waals surface area contributed by atoms with Crippen molar-refractivity contribution in [2.45, 2.75) is 13.3 Å². The van der Waals surface area contributed by atoms with Crippen LogP contribution in [0.3, 0.4) is 0 Å². The molecule has 0 saturated heterocycles. The highest BCUT2D eigenvalue weighted by Gasteiger charge is 2.10. The van der Waals surface area contributed by atoms with E-state index in [0.29, 0.717) is 12.0 Å². The Bertz CT molecular complexity index is 760. The Morgan fingerprint density at radius 3 is 2.62 bits per heavy atom. The van der Waals surface area contributed by atoms with Gasteiger partial charge in [-0.2, -0.15) is 5.10 Å². The summed E-state index contributed by atoms with van der Waals surface area (Å²) in [6.07, 6.45) is 3.32. The minimum Gasteiger partial charge on any atom is -0.298 e. The molecular formula is C18H16N2O. The van der Waals surface area contributed by atoms with Gasteiger partial charge >= 0.3 is 0 Å². The number of hydrogen-bond donors (Lipinski definition) is 0. The summed E-state index contributed by atoms with van der Waals surface area (Å²) in [5, 5.41) is 4.57. The first kappa shape index (κ1) is 13.3. The number of hydrogen-bond acceptors (Lipinski definition) is 2. The number of aromatic nitrogens is 2. The summed E-state index contributed by atoms with van der Waals surface area (Å²) in [5.41, 5.74) is 4.73. The van der Waals surface area contributed by atoms with Crippen LogP contribution in [-0.2, 0) is 6.42 Å². The molecular weight excluding hydrogens is 260 g/mol. The summed E-state index contributed by atoms with van der Waals surface area (Å²) >= 11 is 0. The topological polar surface area (TPSA) is 34.9 Å². The molecule has 0 atom stereocenters. The highest BCUT2D eigenvalue weighted by atomic mass is 16.1. The van der Waals surface area contributed by atoms with Crippen molar-refractivity contribution >= 4 is 6.29 Å². The second kappa shape index (κ2) is 5.75. The maximum absolute atomic E-state index is 11.3. The molecule has 0 fully saturated rings.